The van der Waals surface area contributed by atoms with Crippen LogP contribution in [-0.2, 0) is 4.79 Å². The monoisotopic (exact) mass is 190 g/mol. The first kappa shape index (κ1) is 10.2. The van der Waals surface area contributed by atoms with Gasteiger partial charge in [-0.1, -0.05) is 6.08 Å². The van der Waals surface area contributed by atoms with Crippen LogP contribution < -0.4 is 0 Å². The molecular weight excluding hydrogens is 178 g/mol. The molecule has 0 unspecified atom stereocenters. The fourth-order valence-corrected chi connectivity index (χ4v) is 1.47. The fourth-order valence-electron chi connectivity index (χ4n) is 1.47. The Balaban J connectivity index is 2.37. The first-order valence-electron chi connectivity index (χ1n) is 4.28. The van der Waals surface area contributed by atoms with Crippen molar-refractivity contribution in [3.8, 4) is 0 Å². The molecule has 2 nitrogen and oxygen atoms in total. The molecule has 0 bridgehead atoms. The summed E-state index contributed by atoms with van der Waals surface area (Å²) in [7, 11) is 0. The smallest absolute Gasteiger partial charge is 0.327 e. The Morgan fingerprint density at radius 1 is 1.38 bits per heavy atom. The van der Waals surface area contributed by atoms with E-state index in [1.807, 2.05) is 0 Å². The number of hydrogen-bond donors (Lipinski definition) is 1. The number of carboxylic acid groups (broad SMARTS) is 1. The minimum Gasteiger partial charge on any atom is -0.478 e. The highest BCUT2D eigenvalue weighted by Gasteiger charge is 2.33. The number of alkyl halides is 2. The van der Waals surface area contributed by atoms with Crippen LogP contribution in [0.1, 0.15) is 25.7 Å². The summed E-state index contributed by atoms with van der Waals surface area (Å²) in [5.74, 6) is -3.54. The van der Waals surface area contributed by atoms with Crippen LogP contribution in [-0.4, -0.2) is 17.0 Å². The molecule has 1 saturated carbocycles. The molecular formula is C9H12F2O2. The summed E-state index contributed by atoms with van der Waals surface area (Å²) in [6, 6.07) is 0. The second-order valence-electron chi connectivity index (χ2n) is 3.39. The number of aliphatic carboxylic acids is 1. The molecule has 0 amide bonds. The van der Waals surface area contributed by atoms with Crippen LogP contribution in [0, 0.1) is 5.92 Å². The molecule has 13 heavy (non-hydrogen) atoms. The number of carboxylic acids is 1. The molecule has 0 atom stereocenters. The molecule has 0 heterocycles. The average Bonchev–Trinajstić information content (AvgIpc) is 2.02. The summed E-state index contributed by atoms with van der Waals surface area (Å²) in [6.45, 7) is 0. The number of hydrogen-bond acceptors (Lipinski definition) is 1. The summed E-state index contributed by atoms with van der Waals surface area (Å²) in [5, 5.41) is 8.31. The lowest BCUT2D eigenvalue weighted by atomic mass is 9.86. The molecule has 0 aromatic heterocycles. The van der Waals surface area contributed by atoms with Crippen molar-refractivity contribution < 1.29 is 18.7 Å². The molecule has 0 radical (unpaired) electrons. The molecule has 74 valence electrons. The van der Waals surface area contributed by atoms with E-state index in [4.69, 9.17) is 5.11 Å². The van der Waals surface area contributed by atoms with Crippen LogP contribution in [0.2, 0.25) is 0 Å². The van der Waals surface area contributed by atoms with Crippen molar-refractivity contribution in [3.05, 3.63) is 12.2 Å². The number of carbonyl (C=O) groups is 1. The molecule has 0 aromatic rings. The normalized spacial score (nSPS) is 23.5. The molecule has 1 rings (SSSR count). The topological polar surface area (TPSA) is 37.3 Å². The van der Waals surface area contributed by atoms with Gasteiger partial charge in [0.2, 0.25) is 5.92 Å². The van der Waals surface area contributed by atoms with Crippen LogP contribution in [0.4, 0.5) is 8.78 Å². The van der Waals surface area contributed by atoms with Crippen molar-refractivity contribution in [1.29, 1.82) is 0 Å². The molecule has 1 fully saturated rings. The van der Waals surface area contributed by atoms with Gasteiger partial charge in [-0.15, -0.1) is 0 Å². The van der Waals surface area contributed by atoms with Gasteiger partial charge in [-0.25, -0.2) is 13.6 Å². The van der Waals surface area contributed by atoms with Gasteiger partial charge in [0.1, 0.15) is 0 Å². The Bertz CT molecular complexity index is 214. The van der Waals surface area contributed by atoms with Gasteiger partial charge in [-0.2, -0.15) is 0 Å². The van der Waals surface area contributed by atoms with Gasteiger partial charge in [0.25, 0.3) is 0 Å². The van der Waals surface area contributed by atoms with Crippen LogP contribution in [0.3, 0.4) is 0 Å². The highest BCUT2D eigenvalue weighted by atomic mass is 19.3. The third-order valence-corrected chi connectivity index (χ3v) is 2.27. The first-order chi connectivity index (χ1) is 5.99. The lowest BCUT2D eigenvalue weighted by molar-refractivity contribution is -0.131. The van der Waals surface area contributed by atoms with Crippen LogP contribution >= 0.6 is 0 Å². The van der Waals surface area contributed by atoms with Gasteiger partial charge in [0.05, 0.1) is 0 Å². The molecule has 1 N–H and O–H groups in total. The quantitative estimate of drug-likeness (QED) is 0.679. The van der Waals surface area contributed by atoms with Crippen LogP contribution in [0.25, 0.3) is 0 Å². The Kier molecular flexibility index (Phi) is 3.01. The predicted octanol–water partition coefficient (Wildman–Crippen LogP) is 2.45. The predicted molar refractivity (Wildman–Crippen MR) is 43.7 cm³/mol. The first-order valence-corrected chi connectivity index (χ1v) is 4.28. The van der Waals surface area contributed by atoms with Gasteiger partial charge >= 0.3 is 5.97 Å². The lowest BCUT2D eigenvalue weighted by Crippen LogP contribution is -2.23. The number of halogens is 2. The standard InChI is InChI=1S/C9H12F2O2/c10-9(11)5-3-7(4-6-9)1-2-8(12)13/h1-2,7H,3-6H2,(H,12,13). The van der Waals surface area contributed by atoms with Gasteiger partial charge in [-0.3, -0.25) is 0 Å². The molecule has 0 aromatic carbocycles. The molecule has 1 aliphatic rings. The van der Waals surface area contributed by atoms with Crippen molar-refractivity contribution >= 4 is 5.97 Å². The molecule has 0 aliphatic heterocycles. The van der Waals surface area contributed by atoms with Crippen LogP contribution in [0.5, 0.6) is 0 Å². The Morgan fingerprint density at radius 3 is 2.38 bits per heavy atom. The molecule has 0 spiro atoms. The summed E-state index contributed by atoms with van der Waals surface area (Å²) < 4.78 is 25.3. The van der Waals surface area contributed by atoms with Gasteiger partial charge in [0.15, 0.2) is 0 Å². The van der Waals surface area contributed by atoms with E-state index in [1.165, 1.54) is 6.08 Å². The lowest BCUT2D eigenvalue weighted by Gasteiger charge is -2.26. The summed E-state index contributed by atoms with van der Waals surface area (Å²) in [4.78, 5) is 10.1. The maximum atomic E-state index is 12.6. The third-order valence-electron chi connectivity index (χ3n) is 2.27. The van der Waals surface area contributed by atoms with E-state index in [-0.39, 0.29) is 18.8 Å². The Hall–Kier alpha value is -0.930. The summed E-state index contributed by atoms with van der Waals surface area (Å²) in [5.41, 5.74) is 0. The van der Waals surface area contributed by atoms with Gasteiger partial charge < -0.3 is 5.11 Å². The second kappa shape index (κ2) is 3.85. The maximum absolute atomic E-state index is 12.6. The van der Waals surface area contributed by atoms with Gasteiger partial charge in [0, 0.05) is 18.9 Å². The van der Waals surface area contributed by atoms with Crippen molar-refractivity contribution in [3.63, 3.8) is 0 Å². The fraction of sp³-hybridized carbons (Fsp3) is 0.667. The molecule has 0 saturated heterocycles. The van der Waals surface area contributed by atoms with E-state index in [0.717, 1.165) is 6.08 Å². The SMILES string of the molecule is O=C(O)C=CC1CCC(F)(F)CC1. The van der Waals surface area contributed by atoms with Crippen molar-refractivity contribution in [2.45, 2.75) is 31.6 Å². The molecule has 4 heteroatoms. The highest BCUT2D eigenvalue weighted by molar-refractivity contribution is 5.79. The third kappa shape index (κ3) is 3.53. The van der Waals surface area contributed by atoms with E-state index >= 15 is 0 Å². The Morgan fingerprint density at radius 2 is 1.92 bits per heavy atom. The average molecular weight is 190 g/mol. The van der Waals surface area contributed by atoms with Crippen LogP contribution in [0.15, 0.2) is 12.2 Å². The number of rotatable bonds is 2. The summed E-state index contributed by atoms with van der Waals surface area (Å²) >= 11 is 0. The minimum absolute atomic E-state index is 0.00993. The highest BCUT2D eigenvalue weighted by Crippen LogP contribution is 2.36. The Labute approximate surface area is 75.3 Å². The largest absolute Gasteiger partial charge is 0.478 e. The second-order valence-corrected chi connectivity index (χ2v) is 3.39. The van der Waals surface area contributed by atoms with Crippen molar-refractivity contribution in [2.75, 3.05) is 0 Å². The van der Waals surface area contributed by atoms with E-state index < -0.39 is 11.9 Å². The zero-order valence-corrected chi connectivity index (χ0v) is 7.17. The zero-order chi connectivity index (χ0) is 9.90. The number of allylic oxidation sites excluding steroid dienone is 1. The van der Waals surface area contributed by atoms with E-state index in [1.54, 1.807) is 0 Å². The van der Waals surface area contributed by atoms with E-state index in [0.29, 0.717) is 12.8 Å². The van der Waals surface area contributed by atoms with Crippen molar-refractivity contribution in [1.82, 2.24) is 0 Å². The maximum Gasteiger partial charge on any atom is 0.327 e. The zero-order valence-electron chi connectivity index (χ0n) is 7.17. The van der Waals surface area contributed by atoms with E-state index in [9.17, 15) is 13.6 Å². The summed E-state index contributed by atoms with van der Waals surface area (Å²) in [6.07, 6.45) is 3.07. The molecule has 1 aliphatic carbocycles. The van der Waals surface area contributed by atoms with E-state index in [2.05, 4.69) is 0 Å². The van der Waals surface area contributed by atoms with Gasteiger partial charge in [-0.05, 0) is 18.8 Å². The minimum atomic E-state index is -2.53. The van der Waals surface area contributed by atoms with Crippen molar-refractivity contribution in [2.24, 2.45) is 5.92 Å².